The molecule has 0 amide bonds. The summed E-state index contributed by atoms with van der Waals surface area (Å²) in [5, 5.41) is 0. The number of halogens is 1. The number of thiazole rings is 1. The third-order valence-electron chi connectivity index (χ3n) is 3.08. The highest BCUT2D eigenvalue weighted by atomic mass is 32.1. The van der Waals surface area contributed by atoms with Crippen molar-refractivity contribution in [3.8, 4) is 0 Å². The zero-order valence-corrected chi connectivity index (χ0v) is 12.0. The highest BCUT2D eigenvalue weighted by molar-refractivity contribution is 7.09. The molecule has 0 unspecified atom stereocenters. The lowest BCUT2D eigenvalue weighted by molar-refractivity contribution is 0.315. The number of hydrogen-bond donors (Lipinski definition) is 1. The molecule has 0 saturated heterocycles. The fraction of sp³-hybridized carbons (Fsp3) is 0.357. The standard InChI is InChI=1S/C14H18FN3S/c1-10-13(19-9-17-10)8-18(2)7-12-5-3-4-11(6-16)14(12)15/h3-5,9H,6-8,16H2,1-2H3. The summed E-state index contributed by atoms with van der Waals surface area (Å²) < 4.78 is 14.1. The molecule has 1 heterocycles. The van der Waals surface area contributed by atoms with Crippen molar-refractivity contribution in [3.05, 3.63) is 51.2 Å². The molecule has 0 atom stereocenters. The molecule has 1 aromatic carbocycles. The van der Waals surface area contributed by atoms with E-state index in [2.05, 4.69) is 9.88 Å². The van der Waals surface area contributed by atoms with Crippen molar-refractivity contribution in [1.82, 2.24) is 9.88 Å². The van der Waals surface area contributed by atoms with E-state index >= 15 is 0 Å². The molecule has 0 aliphatic carbocycles. The van der Waals surface area contributed by atoms with E-state index in [1.807, 2.05) is 31.6 Å². The summed E-state index contributed by atoms with van der Waals surface area (Å²) in [5.41, 5.74) is 9.67. The number of nitrogens with zero attached hydrogens (tertiary/aromatic N) is 2. The van der Waals surface area contributed by atoms with Crippen LogP contribution in [0.25, 0.3) is 0 Å². The predicted molar refractivity (Wildman–Crippen MR) is 76.3 cm³/mol. The second kappa shape index (κ2) is 6.23. The highest BCUT2D eigenvalue weighted by Crippen LogP contribution is 2.18. The van der Waals surface area contributed by atoms with Crippen LogP contribution in [0.4, 0.5) is 4.39 Å². The van der Waals surface area contributed by atoms with Crippen LogP contribution < -0.4 is 5.73 Å². The van der Waals surface area contributed by atoms with E-state index < -0.39 is 0 Å². The van der Waals surface area contributed by atoms with Gasteiger partial charge in [0.1, 0.15) is 5.82 Å². The zero-order valence-electron chi connectivity index (χ0n) is 11.2. The van der Waals surface area contributed by atoms with Gasteiger partial charge in [-0.1, -0.05) is 18.2 Å². The molecule has 5 heteroatoms. The van der Waals surface area contributed by atoms with E-state index in [9.17, 15) is 4.39 Å². The van der Waals surface area contributed by atoms with Crippen LogP contribution in [0.1, 0.15) is 21.7 Å². The summed E-state index contributed by atoms with van der Waals surface area (Å²) in [6.07, 6.45) is 0. The van der Waals surface area contributed by atoms with Crippen molar-refractivity contribution in [2.24, 2.45) is 5.73 Å². The predicted octanol–water partition coefficient (Wildman–Crippen LogP) is 2.68. The maximum atomic E-state index is 14.1. The van der Waals surface area contributed by atoms with Gasteiger partial charge in [0.05, 0.1) is 11.2 Å². The van der Waals surface area contributed by atoms with Crippen LogP contribution in [0.5, 0.6) is 0 Å². The summed E-state index contributed by atoms with van der Waals surface area (Å²) in [6.45, 7) is 3.58. The van der Waals surface area contributed by atoms with Crippen molar-refractivity contribution in [3.63, 3.8) is 0 Å². The lowest BCUT2D eigenvalue weighted by Crippen LogP contribution is -2.18. The topological polar surface area (TPSA) is 42.2 Å². The Kier molecular flexibility index (Phi) is 4.63. The number of hydrogen-bond acceptors (Lipinski definition) is 4. The highest BCUT2D eigenvalue weighted by Gasteiger charge is 2.11. The van der Waals surface area contributed by atoms with Gasteiger partial charge in [0.15, 0.2) is 0 Å². The van der Waals surface area contributed by atoms with Crippen LogP contribution >= 0.6 is 11.3 Å². The van der Waals surface area contributed by atoms with Crippen LogP contribution in [-0.4, -0.2) is 16.9 Å². The van der Waals surface area contributed by atoms with Crippen molar-refractivity contribution in [2.45, 2.75) is 26.6 Å². The van der Waals surface area contributed by atoms with Gasteiger partial charge in [0.2, 0.25) is 0 Å². The number of rotatable bonds is 5. The zero-order chi connectivity index (χ0) is 13.8. The number of aryl methyl sites for hydroxylation is 1. The number of nitrogens with two attached hydrogens (primary N) is 1. The van der Waals surface area contributed by atoms with Crippen molar-refractivity contribution in [1.29, 1.82) is 0 Å². The van der Waals surface area contributed by atoms with Crippen molar-refractivity contribution >= 4 is 11.3 Å². The molecule has 0 fully saturated rings. The fourth-order valence-electron chi connectivity index (χ4n) is 1.98. The molecule has 102 valence electrons. The maximum Gasteiger partial charge on any atom is 0.132 e. The number of benzene rings is 1. The monoisotopic (exact) mass is 279 g/mol. The van der Waals surface area contributed by atoms with Gasteiger partial charge < -0.3 is 5.73 Å². The third kappa shape index (κ3) is 3.37. The first-order valence-corrected chi connectivity index (χ1v) is 7.03. The van der Waals surface area contributed by atoms with E-state index in [0.717, 1.165) is 12.2 Å². The summed E-state index contributed by atoms with van der Waals surface area (Å²) in [7, 11) is 1.98. The first-order valence-electron chi connectivity index (χ1n) is 6.15. The molecule has 3 nitrogen and oxygen atoms in total. The van der Waals surface area contributed by atoms with E-state index in [-0.39, 0.29) is 12.4 Å². The average molecular weight is 279 g/mol. The SMILES string of the molecule is Cc1ncsc1CN(C)Cc1cccc(CN)c1F. The van der Waals surface area contributed by atoms with Crippen LogP contribution in [0, 0.1) is 12.7 Å². The second-order valence-electron chi connectivity index (χ2n) is 4.63. The van der Waals surface area contributed by atoms with Crippen LogP contribution in [-0.2, 0) is 19.6 Å². The molecule has 2 rings (SSSR count). The van der Waals surface area contributed by atoms with Crippen LogP contribution in [0.15, 0.2) is 23.7 Å². The Labute approximate surface area is 116 Å². The van der Waals surface area contributed by atoms with Gasteiger partial charge in [-0.15, -0.1) is 11.3 Å². The van der Waals surface area contributed by atoms with E-state index in [4.69, 9.17) is 5.73 Å². The lowest BCUT2D eigenvalue weighted by Gasteiger charge is -2.17. The Hall–Kier alpha value is -1.30. The van der Waals surface area contributed by atoms with Gasteiger partial charge >= 0.3 is 0 Å². The fourth-order valence-corrected chi connectivity index (χ4v) is 2.84. The van der Waals surface area contributed by atoms with E-state index in [1.54, 1.807) is 17.4 Å². The van der Waals surface area contributed by atoms with Gasteiger partial charge in [0, 0.05) is 35.6 Å². The largest absolute Gasteiger partial charge is 0.326 e. The Morgan fingerprint density at radius 1 is 1.32 bits per heavy atom. The molecular weight excluding hydrogens is 261 g/mol. The van der Waals surface area contributed by atoms with Crippen molar-refractivity contribution < 1.29 is 4.39 Å². The molecule has 2 N–H and O–H groups in total. The molecule has 0 spiro atoms. The quantitative estimate of drug-likeness (QED) is 0.915. The minimum absolute atomic E-state index is 0.183. The van der Waals surface area contributed by atoms with Gasteiger partial charge in [-0.05, 0) is 14.0 Å². The smallest absolute Gasteiger partial charge is 0.132 e. The lowest BCUT2D eigenvalue weighted by atomic mass is 10.1. The summed E-state index contributed by atoms with van der Waals surface area (Å²) in [4.78, 5) is 7.53. The molecular formula is C14H18FN3S. The third-order valence-corrected chi connectivity index (χ3v) is 4.00. The summed E-state index contributed by atoms with van der Waals surface area (Å²) in [5.74, 6) is -0.183. The van der Waals surface area contributed by atoms with Gasteiger partial charge in [-0.25, -0.2) is 9.37 Å². The first kappa shape index (κ1) is 14.1. The molecule has 1 aromatic heterocycles. The van der Waals surface area contributed by atoms with E-state index in [0.29, 0.717) is 17.7 Å². The minimum atomic E-state index is -0.183. The Morgan fingerprint density at radius 3 is 2.68 bits per heavy atom. The molecule has 0 aliphatic heterocycles. The van der Waals surface area contributed by atoms with E-state index in [1.165, 1.54) is 4.88 Å². The summed E-state index contributed by atoms with van der Waals surface area (Å²) >= 11 is 1.63. The first-order chi connectivity index (χ1) is 9.11. The van der Waals surface area contributed by atoms with Crippen molar-refractivity contribution in [2.75, 3.05) is 7.05 Å². The van der Waals surface area contributed by atoms with Crippen LogP contribution in [0.3, 0.4) is 0 Å². The molecule has 19 heavy (non-hydrogen) atoms. The minimum Gasteiger partial charge on any atom is -0.326 e. The Morgan fingerprint density at radius 2 is 2.05 bits per heavy atom. The molecule has 0 saturated carbocycles. The van der Waals surface area contributed by atoms with Crippen LogP contribution in [0.2, 0.25) is 0 Å². The van der Waals surface area contributed by atoms with Gasteiger partial charge in [-0.3, -0.25) is 4.90 Å². The second-order valence-corrected chi connectivity index (χ2v) is 5.57. The molecule has 2 aromatic rings. The van der Waals surface area contributed by atoms with Gasteiger partial charge in [0.25, 0.3) is 0 Å². The molecule has 0 radical (unpaired) electrons. The average Bonchev–Trinajstić information content (AvgIpc) is 2.78. The Bertz CT molecular complexity index is 553. The molecule has 0 bridgehead atoms. The summed E-state index contributed by atoms with van der Waals surface area (Å²) in [6, 6.07) is 5.39. The number of aromatic nitrogens is 1. The van der Waals surface area contributed by atoms with Gasteiger partial charge in [-0.2, -0.15) is 0 Å². The normalized spacial score (nSPS) is 11.2. The molecule has 0 aliphatic rings. The Balaban J connectivity index is 2.07. The maximum absolute atomic E-state index is 14.1.